The number of unbranched alkanes of at least 4 members (excludes halogenated alkanes) is 18. The van der Waals surface area contributed by atoms with Gasteiger partial charge in [-0.05, 0) is 141 Å². The van der Waals surface area contributed by atoms with Crippen molar-refractivity contribution in [3.05, 3.63) is 146 Å². The van der Waals surface area contributed by atoms with Crippen LogP contribution in [0.15, 0.2) is 146 Å². The predicted octanol–water partition coefficient (Wildman–Crippen LogP) is 20.8. The van der Waals surface area contributed by atoms with Gasteiger partial charge in [0.2, 0.25) is 0 Å². The molecule has 6 nitrogen and oxygen atoms in total. The number of carbonyl (C=O) groups excluding carboxylic acids is 3. The number of esters is 3. The van der Waals surface area contributed by atoms with Crippen molar-refractivity contribution in [2.45, 2.75) is 258 Å². The maximum absolute atomic E-state index is 12.9. The zero-order valence-electron chi connectivity index (χ0n) is 48.3. The summed E-state index contributed by atoms with van der Waals surface area (Å²) in [4.78, 5) is 38.3. The summed E-state index contributed by atoms with van der Waals surface area (Å²) < 4.78 is 16.9. The molecule has 0 aliphatic carbocycles. The second kappa shape index (κ2) is 61.8. The summed E-state index contributed by atoms with van der Waals surface area (Å²) in [7, 11) is 0. The smallest absolute Gasteiger partial charge is 0.306 e. The molecule has 0 saturated heterocycles. The predicted molar refractivity (Wildman–Crippen MR) is 325 cm³/mol. The van der Waals surface area contributed by atoms with E-state index in [1.54, 1.807) is 0 Å². The van der Waals surface area contributed by atoms with Gasteiger partial charge in [-0.2, -0.15) is 0 Å². The average Bonchev–Trinajstić information content (AvgIpc) is 3.41. The third kappa shape index (κ3) is 60.0. The van der Waals surface area contributed by atoms with E-state index in [1.807, 2.05) is 0 Å². The Bertz CT molecular complexity index is 1570. The molecule has 0 rings (SSSR count). The summed E-state index contributed by atoms with van der Waals surface area (Å²) in [5.74, 6) is -0.981. The molecule has 0 N–H and O–H groups in total. The van der Waals surface area contributed by atoms with Gasteiger partial charge in [-0.3, -0.25) is 14.4 Å². The lowest BCUT2D eigenvalue weighted by Crippen LogP contribution is -2.30. The van der Waals surface area contributed by atoms with Crippen molar-refractivity contribution in [1.29, 1.82) is 0 Å². The molecule has 0 bridgehead atoms. The Morgan fingerprint density at radius 3 is 0.827 bits per heavy atom. The molecule has 0 aromatic carbocycles. The topological polar surface area (TPSA) is 78.9 Å². The van der Waals surface area contributed by atoms with E-state index < -0.39 is 6.10 Å². The molecule has 0 aromatic heterocycles. The van der Waals surface area contributed by atoms with Gasteiger partial charge in [0.1, 0.15) is 13.2 Å². The molecule has 0 amide bonds. The molecule has 0 aliphatic rings. The first-order chi connectivity index (χ1) is 37.0. The molecule has 0 aliphatic heterocycles. The first kappa shape index (κ1) is 70.3. The molecule has 0 heterocycles. The van der Waals surface area contributed by atoms with Crippen LogP contribution in [0, 0.1) is 0 Å². The molecule has 0 unspecified atom stereocenters. The first-order valence-electron chi connectivity index (χ1n) is 30.3. The van der Waals surface area contributed by atoms with Gasteiger partial charge in [0.15, 0.2) is 6.10 Å². The Hall–Kier alpha value is -4.71. The zero-order chi connectivity index (χ0) is 54.3. The van der Waals surface area contributed by atoms with Gasteiger partial charge in [-0.15, -0.1) is 0 Å². The van der Waals surface area contributed by atoms with Crippen molar-refractivity contribution in [2.24, 2.45) is 0 Å². The van der Waals surface area contributed by atoms with Gasteiger partial charge in [-0.25, -0.2) is 0 Å². The highest BCUT2D eigenvalue weighted by molar-refractivity contribution is 5.71. The maximum Gasteiger partial charge on any atom is 0.306 e. The Balaban J connectivity index is 4.54. The molecule has 0 fully saturated rings. The normalized spacial score (nSPS) is 12.8. The summed E-state index contributed by atoms with van der Waals surface area (Å²) in [5.41, 5.74) is 0. The first-order valence-corrected chi connectivity index (χ1v) is 30.3. The third-order valence-corrected chi connectivity index (χ3v) is 12.3. The molecule has 0 radical (unpaired) electrons. The molecule has 422 valence electrons. The van der Waals surface area contributed by atoms with Crippen molar-refractivity contribution in [1.82, 2.24) is 0 Å². The molecule has 0 spiro atoms. The number of carbonyl (C=O) groups is 3. The van der Waals surface area contributed by atoms with Crippen LogP contribution in [-0.2, 0) is 28.6 Å². The minimum absolute atomic E-state index is 0.113. The molecular weight excluding hydrogens is 925 g/mol. The van der Waals surface area contributed by atoms with Crippen LogP contribution in [0.4, 0.5) is 0 Å². The van der Waals surface area contributed by atoms with E-state index in [1.165, 1.54) is 70.6 Å². The van der Waals surface area contributed by atoms with Crippen LogP contribution in [0.2, 0.25) is 0 Å². The summed E-state index contributed by atoms with van der Waals surface area (Å²) in [5, 5.41) is 0. The summed E-state index contributed by atoms with van der Waals surface area (Å²) >= 11 is 0. The van der Waals surface area contributed by atoms with Gasteiger partial charge < -0.3 is 14.2 Å². The van der Waals surface area contributed by atoms with Crippen LogP contribution in [0.3, 0.4) is 0 Å². The van der Waals surface area contributed by atoms with Crippen LogP contribution in [0.25, 0.3) is 0 Å². The third-order valence-electron chi connectivity index (χ3n) is 12.3. The fraction of sp³-hybridized carbons (Fsp3) is 0.609. The van der Waals surface area contributed by atoms with Crippen LogP contribution < -0.4 is 0 Å². The van der Waals surface area contributed by atoms with Gasteiger partial charge in [0.05, 0.1) is 0 Å². The summed E-state index contributed by atoms with van der Waals surface area (Å²) in [6, 6.07) is 0. The minimum Gasteiger partial charge on any atom is -0.462 e. The second-order valence-corrected chi connectivity index (χ2v) is 19.5. The highest BCUT2D eigenvalue weighted by Gasteiger charge is 2.19. The summed E-state index contributed by atoms with van der Waals surface area (Å²) in [6.07, 6.45) is 88.3. The standard InChI is InChI=1S/C69H110O6/c1-4-7-10-13-16-19-22-25-28-31-34-37-40-43-46-49-52-55-58-61-67(70)73-64-66(75-69(72)63-60-57-54-51-48-45-42-39-36-33-30-27-24-21-18-15-12-9-6-3)65-74-68(71)62-59-56-53-50-47-44-41-38-35-32-29-26-23-20-17-14-11-8-5-2/h7-8,10-11,16-21,25-30,34-35,37-38,43-44,46-47,66H,4-6,9,12-15,22-24,31-33,36,39-42,45,48-65H2,1-3H3/b10-7-,11-8-,19-16-,20-17-,21-18-,28-25-,29-26-,30-27-,37-34-,38-35-,46-43-,47-44-. The van der Waals surface area contributed by atoms with E-state index in [2.05, 4.69) is 167 Å². The molecule has 0 saturated carbocycles. The van der Waals surface area contributed by atoms with E-state index in [9.17, 15) is 14.4 Å². The lowest BCUT2D eigenvalue weighted by molar-refractivity contribution is -0.167. The van der Waals surface area contributed by atoms with Gasteiger partial charge in [0.25, 0.3) is 0 Å². The SMILES string of the molecule is CC/C=C\C/C=C\C/C=C\C/C=C\C/C=C\CCCCCC(=O)OCC(COC(=O)CCCCC/C=C\C/C=C\C/C=C\C/C=C\C/C=C\CC)OC(=O)CCCCCCCCCCC/C=C\C/C=C\CCCCC. The van der Waals surface area contributed by atoms with E-state index in [-0.39, 0.29) is 31.1 Å². The van der Waals surface area contributed by atoms with E-state index in [0.29, 0.717) is 19.3 Å². The van der Waals surface area contributed by atoms with Crippen molar-refractivity contribution < 1.29 is 28.6 Å². The average molecular weight is 1040 g/mol. The van der Waals surface area contributed by atoms with Crippen molar-refractivity contribution in [3.8, 4) is 0 Å². The van der Waals surface area contributed by atoms with E-state index in [4.69, 9.17) is 14.2 Å². The molecule has 6 heteroatoms. The Labute approximate surface area is 461 Å². The van der Waals surface area contributed by atoms with Crippen molar-refractivity contribution >= 4 is 17.9 Å². The van der Waals surface area contributed by atoms with Crippen LogP contribution in [0.1, 0.15) is 252 Å². The highest BCUT2D eigenvalue weighted by Crippen LogP contribution is 2.14. The highest BCUT2D eigenvalue weighted by atomic mass is 16.6. The quantitative estimate of drug-likeness (QED) is 0.0261. The number of hydrogen-bond donors (Lipinski definition) is 0. The number of ether oxygens (including phenoxy) is 3. The van der Waals surface area contributed by atoms with E-state index in [0.717, 1.165) is 141 Å². The fourth-order valence-electron chi connectivity index (χ4n) is 7.82. The van der Waals surface area contributed by atoms with Gasteiger partial charge in [-0.1, -0.05) is 237 Å². The fourth-order valence-corrected chi connectivity index (χ4v) is 7.82. The van der Waals surface area contributed by atoms with E-state index >= 15 is 0 Å². The van der Waals surface area contributed by atoms with Gasteiger partial charge >= 0.3 is 17.9 Å². The van der Waals surface area contributed by atoms with Crippen LogP contribution in [0.5, 0.6) is 0 Å². The number of rotatable bonds is 53. The molecule has 0 aromatic rings. The molecule has 0 atom stereocenters. The van der Waals surface area contributed by atoms with Crippen LogP contribution in [-0.4, -0.2) is 37.2 Å². The number of hydrogen-bond acceptors (Lipinski definition) is 6. The Morgan fingerprint density at radius 2 is 0.520 bits per heavy atom. The van der Waals surface area contributed by atoms with Crippen molar-refractivity contribution in [3.63, 3.8) is 0 Å². The largest absolute Gasteiger partial charge is 0.462 e. The minimum atomic E-state index is -0.816. The maximum atomic E-state index is 12.9. The lowest BCUT2D eigenvalue weighted by Gasteiger charge is -2.18. The monoisotopic (exact) mass is 1030 g/mol. The van der Waals surface area contributed by atoms with Crippen LogP contribution >= 0.6 is 0 Å². The Kier molecular flexibility index (Phi) is 58.0. The lowest BCUT2D eigenvalue weighted by atomic mass is 10.1. The van der Waals surface area contributed by atoms with Gasteiger partial charge in [0, 0.05) is 19.3 Å². The number of allylic oxidation sites excluding steroid dienone is 24. The van der Waals surface area contributed by atoms with Crippen molar-refractivity contribution in [2.75, 3.05) is 13.2 Å². The second-order valence-electron chi connectivity index (χ2n) is 19.5. The molecule has 75 heavy (non-hydrogen) atoms. The Morgan fingerprint density at radius 1 is 0.280 bits per heavy atom. The molecular formula is C69H110O6. The zero-order valence-corrected chi connectivity index (χ0v) is 48.3. The summed E-state index contributed by atoms with van der Waals surface area (Å²) in [6.45, 7) is 6.33.